The number of aromatic nitrogens is 4. The van der Waals surface area contributed by atoms with Crippen molar-refractivity contribution in [2.75, 3.05) is 0 Å². The van der Waals surface area contributed by atoms with Crippen molar-refractivity contribution in [2.45, 2.75) is 0 Å². The van der Waals surface area contributed by atoms with Crippen LogP contribution in [0.5, 0.6) is 0 Å². The quantitative estimate of drug-likeness (QED) is 0.145. The lowest BCUT2D eigenvalue weighted by Crippen LogP contribution is -1.95. The van der Waals surface area contributed by atoms with Crippen molar-refractivity contribution in [1.82, 2.24) is 18.3 Å². The third kappa shape index (κ3) is 9.81. The molecule has 6 aromatic heterocycles. The first kappa shape index (κ1) is 61.1. The summed E-state index contributed by atoms with van der Waals surface area (Å²) < 4.78 is 22.3. The van der Waals surface area contributed by atoms with E-state index in [4.69, 9.17) is 8.83 Å². The van der Waals surface area contributed by atoms with Crippen LogP contribution in [0.3, 0.4) is 0 Å². The van der Waals surface area contributed by atoms with Crippen LogP contribution in [-0.2, 0) is 0 Å². The third-order valence-electron chi connectivity index (χ3n) is 22.2. The Hall–Kier alpha value is -14.5. The molecule has 0 radical (unpaired) electrons. The zero-order valence-electron chi connectivity index (χ0n) is 58.6. The monoisotopic (exact) mass is 1380 g/mol. The highest BCUT2D eigenvalue weighted by atomic mass is 16.3. The number of nitrogens with zero attached hydrogens (tertiary/aromatic N) is 4. The minimum atomic E-state index is 0.884. The average molecular weight is 1380 g/mol. The smallest absolute Gasteiger partial charge is 0.137 e. The molecule has 6 nitrogen and oxygen atoms in total. The molecule has 504 valence electrons. The highest BCUT2D eigenvalue weighted by Crippen LogP contribution is 2.45. The Balaban J connectivity index is 0.000000135. The Morgan fingerprint density at radius 1 is 0.148 bits per heavy atom. The van der Waals surface area contributed by atoms with E-state index in [9.17, 15) is 0 Å². The number of benzene rings is 17. The molecular formula is C102H64N4O2. The zero-order chi connectivity index (χ0) is 70.9. The van der Waals surface area contributed by atoms with Gasteiger partial charge in [-0.05, 0) is 201 Å². The van der Waals surface area contributed by atoms with Crippen LogP contribution in [0.15, 0.2) is 397 Å². The van der Waals surface area contributed by atoms with Crippen LogP contribution in [-0.4, -0.2) is 18.3 Å². The van der Waals surface area contributed by atoms with Crippen molar-refractivity contribution in [2.24, 2.45) is 0 Å². The first-order chi connectivity index (χ1) is 53.5. The summed E-state index contributed by atoms with van der Waals surface area (Å²) in [6.45, 7) is 0. The topological polar surface area (TPSA) is 46.0 Å². The summed E-state index contributed by atoms with van der Waals surface area (Å²) in [6, 6.07) is 140. The predicted molar refractivity (Wildman–Crippen MR) is 452 cm³/mol. The molecule has 0 amide bonds. The molecule has 23 aromatic rings. The molecule has 0 aliphatic rings. The minimum Gasteiger partial charge on any atom is -0.456 e. The first-order valence-corrected chi connectivity index (χ1v) is 36.9. The van der Waals surface area contributed by atoms with Crippen LogP contribution in [0.2, 0.25) is 0 Å². The van der Waals surface area contributed by atoms with Gasteiger partial charge in [0.2, 0.25) is 0 Å². The van der Waals surface area contributed by atoms with Gasteiger partial charge in [-0.1, -0.05) is 243 Å². The maximum atomic E-state index is 6.49. The van der Waals surface area contributed by atoms with Crippen molar-refractivity contribution >= 4 is 131 Å². The number of furan rings is 2. The van der Waals surface area contributed by atoms with Gasteiger partial charge in [0, 0.05) is 76.3 Å². The fourth-order valence-corrected chi connectivity index (χ4v) is 17.3. The van der Waals surface area contributed by atoms with Crippen LogP contribution >= 0.6 is 0 Å². The van der Waals surface area contributed by atoms with Gasteiger partial charge >= 0.3 is 0 Å². The Morgan fingerprint density at radius 3 is 0.917 bits per heavy atom. The van der Waals surface area contributed by atoms with Crippen LogP contribution in [0.25, 0.3) is 209 Å². The number of rotatable bonds is 9. The van der Waals surface area contributed by atoms with E-state index < -0.39 is 0 Å². The Morgan fingerprint density at radius 2 is 0.444 bits per heavy atom. The molecule has 0 unspecified atom stereocenters. The number of hydrogen-bond donors (Lipinski definition) is 0. The first-order valence-electron chi connectivity index (χ1n) is 36.9. The second kappa shape index (κ2) is 24.6. The van der Waals surface area contributed by atoms with Crippen molar-refractivity contribution in [3.8, 4) is 78.4 Å². The van der Waals surface area contributed by atoms with E-state index in [1.165, 1.54) is 137 Å². The molecule has 0 saturated carbocycles. The van der Waals surface area contributed by atoms with E-state index in [-0.39, 0.29) is 0 Å². The molecule has 0 bridgehead atoms. The molecule has 0 atom stereocenters. The highest BCUT2D eigenvalue weighted by Gasteiger charge is 2.23. The van der Waals surface area contributed by atoms with Gasteiger partial charge in [-0.2, -0.15) is 0 Å². The predicted octanol–water partition coefficient (Wildman–Crippen LogP) is 27.9. The summed E-state index contributed by atoms with van der Waals surface area (Å²) in [5.41, 5.74) is 29.6. The van der Waals surface area contributed by atoms with Crippen molar-refractivity contribution in [1.29, 1.82) is 0 Å². The molecular weight excluding hydrogens is 1310 g/mol. The molecule has 0 aliphatic carbocycles. The summed E-state index contributed by atoms with van der Waals surface area (Å²) in [4.78, 5) is 0. The maximum absolute atomic E-state index is 6.49. The molecule has 6 heterocycles. The fourth-order valence-electron chi connectivity index (χ4n) is 17.3. The number of para-hydroxylation sites is 5. The minimum absolute atomic E-state index is 0.884. The summed E-state index contributed by atoms with van der Waals surface area (Å²) >= 11 is 0. The second-order valence-electron chi connectivity index (χ2n) is 28.3. The highest BCUT2D eigenvalue weighted by molar-refractivity contribution is 6.18. The van der Waals surface area contributed by atoms with E-state index in [1.54, 1.807) is 0 Å². The van der Waals surface area contributed by atoms with Crippen molar-refractivity contribution < 1.29 is 8.83 Å². The molecule has 108 heavy (non-hydrogen) atoms. The molecule has 0 N–H and O–H groups in total. The lowest BCUT2D eigenvalue weighted by molar-refractivity contribution is 0.668. The standard InChI is InChI=1S/C54H34N2O.C48H30N2O/c1-3-13-35(14-4-1)37-17-11-18-41(31-37)55-47-21-9-7-19-42(47)44-32-39(25-28-49(44)55)40-26-29-50-45(33-40)43-20-8-10-22-48(43)56(50)51-23-12-24-53-54(51)46-34-38(27-30-52(46)57-53)36-15-5-2-6-16-36;1-2-11-31(12-3-1)32-13-10-14-35(27-32)49-43-18-7-4-15-37(43)40-28-33(21-24-45(40)49)34-22-25-46-41(29-34)38-16-5-8-19-44(38)50(46)36-23-26-48-42(30-36)39-17-6-9-20-47(39)51-48/h1-34H;1-30H. The molecule has 0 saturated heterocycles. The Kier molecular flexibility index (Phi) is 13.9. The van der Waals surface area contributed by atoms with Crippen LogP contribution in [0.1, 0.15) is 0 Å². The van der Waals surface area contributed by atoms with Gasteiger partial charge in [0.1, 0.15) is 22.3 Å². The summed E-state index contributed by atoms with van der Waals surface area (Å²) in [5.74, 6) is 0. The normalized spacial score (nSPS) is 11.9. The van der Waals surface area contributed by atoms with Crippen LogP contribution in [0.4, 0.5) is 0 Å². The number of hydrogen-bond acceptors (Lipinski definition) is 2. The lowest BCUT2D eigenvalue weighted by atomic mass is 10.0. The van der Waals surface area contributed by atoms with Gasteiger partial charge in [-0.25, -0.2) is 0 Å². The number of fused-ring (bicyclic) bond motifs is 18. The van der Waals surface area contributed by atoms with Gasteiger partial charge < -0.3 is 27.1 Å². The van der Waals surface area contributed by atoms with Crippen LogP contribution < -0.4 is 0 Å². The van der Waals surface area contributed by atoms with Crippen molar-refractivity contribution in [3.05, 3.63) is 388 Å². The zero-order valence-corrected chi connectivity index (χ0v) is 58.6. The SMILES string of the molecule is c1ccc(-c2cccc(-n3c4ccccc4c4cc(-c5ccc6c(c5)c5ccccc5n6-c5ccc6oc7ccccc7c6c5)ccc43)c2)cc1.c1ccc(-c2cccc(-n3c4ccccc4c4cc(-c5ccc6c(c5)c5ccccc5n6-c5cccc6oc7ccc(-c8ccccc8)cc7c56)ccc43)c2)cc1. The fraction of sp³-hybridized carbons (Fsp3) is 0. The Bertz CT molecular complexity index is 7550. The van der Waals surface area contributed by atoms with Gasteiger partial charge in [-0.3, -0.25) is 0 Å². The summed E-state index contributed by atoms with van der Waals surface area (Å²) in [7, 11) is 0. The van der Waals surface area contributed by atoms with Crippen LogP contribution in [0, 0.1) is 0 Å². The van der Waals surface area contributed by atoms with Gasteiger partial charge in [0.25, 0.3) is 0 Å². The lowest BCUT2D eigenvalue weighted by Gasteiger charge is -2.11. The summed E-state index contributed by atoms with van der Waals surface area (Å²) in [6.07, 6.45) is 0. The molecule has 0 spiro atoms. The molecule has 0 fully saturated rings. The second-order valence-corrected chi connectivity index (χ2v) is 28.3. The van der Waals surface area contributed by atoms with Crippen molar-refractivity contribution in [3.63, 3.8) is 0 Å². The van der Waals surface area contributed by atoms with E-state index in [1.807, 2.05) is 12.1 Å². The maximum Gasteiger partial charge on any atom is 0.137 e. The van der Waals surface area contributed by atoms with E-state index in [0.717, 1.165) is 72.1 Å². The molecule has 0 aliphatic heterocycles. The van der Waals surface area contributed by atoms with E-state index in [2.05, 4.69) is 394 Å². The third-order valence-corrected chi connectivity index (χ3v) is 22.2. The van der Waals surface area contributed by atoms with Gasteiger partial charge in [0.15, 0.2) is 0 Å². The molecule has 23 rings (SSSR count). The van der Waals surface area contributed by atoms with Gasteiger partial charge in [-0.15, -0.1) is 0 Å². The summed E-state index contributed by atoms with van der Waals surface area (Å²) in [5, 5.41) is 14.4. The van der Waals surface area contributed by atoms with E-state index in [0.29, 0.717) is 0 Å². The average Bonchev–Trinajstić information content (AvgIpc) is 1.59. The molecule has 6 heteroatoms. The van der Waals surface area contributed by atoms with E-state index >= 15 is 0 Å². The molecule has 17 aromatic carbocycles. The Labute approximate surface area is 620 Å². The largest absolute Gasteiger partial charge is 0.456 e. The van der Waals surface area contributed by atoms with Gasteiger partial charge in [0.05, 0.1) is 55.2 Å².